The summed E-state index contributed by atoms with van der Waals surface area (Å²) in [6, 6.07) is 10.2. The summed E-state index contributed by atoms with van der Waals surface area (Å²) in [5.74, 6) is 0.283. The van der Waals surface area contributed by atoms with Crippen molar-refractivity contribution in [2.75, 3.05) is 6.61 Å². The van der Waals surface area contributed by atoms with Crippen molar-refractivity contribution in [1.82, 2.24) is 14.7 Å². The zero-order chi connectivity index (χ0) is 19.6. The molecule has 144 valence electrons. The number of hydrogen-bond donors (Lipinski definition) is 3. The lowest BCUT2D eigenvalue weighted by atomic mass is 10.0. The number of aryl methyl sites for hydroxylation is 1. The number of sulfonamides is 1. The number of aromatic nitrogens is 2. The van der Waals surface area contributed by atoms with E-state index in [0.717, 1.165) is 27.9 Å². The van der Waals surface area contributed by atoms with Gasteiger partial charge in [0.1, 0.15) is 5.65 Å². The van der Waals surface area contributed by atoms with Crippen LogP contribution in [0.25, 0.3) is 22.2 Å². The van der Waals surface area contributed by atoms with Crippen LogP contribution in [0.4, 0.5) is 0 Å². The number of aromatic amines is 1. The Morgan fingerprint density at radius 2 is 1.89 bits per heavy atom. The number of hydrogen-bond acceptors (Lipinski definition) is 4. The van der Waals surface area contributed by atoms with Crippen LogP contribution in [-0.4, -0.2) is 36.1 Å². The fraction of sp³-hybridized carbons (Fsp3) is 0.350. The number of rotatable bonds is 7. The van der Waals surface area contributed by atoms with Gasteiger partial charge >= 0.3 is 0 Å². The van der Waals surface area contributed by atoms with Crippen LogP contribution in [0.15, 0.2) is 47.5 Å². The molecule has 0 saturated carbocycles. The van der Waals surface area contributed by atoms with Gasteiger partial charge in [-0.05, 0) is 54.7 Å². The highest BCUT2D eigenvalue weighted by atomic mass is 32.2. The van der Waals surface area contributed by atoms with Crippen LogP contribution in [0, 0.1) is 12.8 Å². The molecule has 7 heteroatoms. The zero-order valence-corrected chi connectivity index (χ0v) is 16.5. The Balaban J connectivity index is 1.88. The van der Waals surface area contributed by atoms with E-state index in [1.54, 1.807) is 30.5 Å². The molecular weight excluding hydrogens is 362 g/mol. The number of fused-ring (bicyclic) bond motifs is 1. The summed E-state index contributed by atoms with van der Waals surface area (Å²) in [6.45, 7) is 5.73. The van der Waals surface area contributed by atoms with E-state index in [2.05, 4.69) is 14.7 Å². The average molecular weight is 388 g/mol. The lowest BCUT2D eigenvalue weighted by Crippen LogP contribution is -2.38. The first-order valence-electron chi connectivity index (χ1n) is 8.98. The van der Waals surface area contributed by atoms with Crippen molar-refractivity contribution in [2.45, 2.75) is 38.1 Å². The quantitative estimate of drug-likeness (QED) is 0.580. The van der Waals surface area contributed by atoms with Crippen LogP contribution in [0.1, 0.15) is 26.0 Å². The SMILES string of the molecule is Cc1cc2c(-c3ccc(S(=O)(=O)N[C@H](CO)CC(C)C)cc3)ccnc2[nH]1. The molecular formula is C20H25N3O3S. The molecule has 0 aliphatic carbocycles. The molecule has 0 fully saturated rings. The van der Waals surface area contributed by atoms with Gasteiger partial charge in [-0.15, -0.1) is 0 Å². The van der Waals surface area contributed by atoms with Crippen molar-refractivity contribution in [3.05, 3.63) is 48.3 Å². The van der Waals surface area contributed by atoms with Crippen LogP contribution in [-0.2, 0) is 10.0 Å². The predicted octanol–water partition coefficient (Wildman–Crippen LogP) is 3.22. The maximum Gasteiger partial charge on any atom is 0.240 e. The van der Waals surface area contributed by atoms with Crippen LogP contribution in [0.3, 0.4) is 0 Å². The second-order valence-electron chi connectivity index (χ2n) is 7.23. The third-order valence-corrected chi connectivity index (χ3v) is 5.98. The summed E-state index contributed by atoms with van der Waals surface area (Å²) in [7, 11) is -3.68. The second kappa shape index (κ2) is 7.80. The molecule has 0 saturated heterocycles. The second-order valence-corrected chi connectivity index (χ2v) is 8.94. The Hall–Kier alpha value is -2.22. The molecule has 1 atom stereocenters. The monoisotopic (exact) mass is 387 g/mol. The van der Waals surface area contributed by atoms with Gasteiger partial charge in [0, 0.05) is 23.3 Å². The highest BCUT2D eigenvalue weighted by Crippen LogP contribution is 2.28. The van der Waals surface area contributed by atoms with E-state index in [-0.39, 0.29) is 17.4 Å². The van der Waals surface area contributed by atoms with Crippen LogP contribution >= 0.6 is 0 Å². The third-order valence-electron chi connectivity index (χ3n) is 4.44. The summed E-state index contributed by atoms with van der Waals surface area (Å²) in [5, 5.41) is 10.4. The minimum Gasteiger partial charge on any atom is -0.395 e. The van der Waals surface area contributed by atoms with E-state index >= 15 is 0 Å². The first-order chi connectivity index (χ1) is 12.8. The summed E-state index contributed by atoms with van der Waals surface area (Å²) >= 11 is 0. The Labute approximate surface area is 159 Å². The fourth-order valence-electron chi connectivity index (χ4n) is 3.24. The molecule has 0 radical (unpaired) electrons. The molecule has 0 spiro atoms. The van der Waals surface area contributed by atoms with Gasteiger partial charge in [-0.1, -0.05) is 26.0 Å². The van der Waals surface area contributed by atoms with Gasteiger partial charge in [0.15, 0.2) is 0 Å². The van der Waals surface area contributed by atoms with Crippen LogP contribution in [0.5, 0.6) is 0 Å². The van der Waals surface area contributed by atoms with Crippen molar-refractivity contribution in [2.24, 2.45) is 5.92 Å². The number of benzene rings is 1. The molecule has 6 nitrogen and oxygen atoms in total. The van der Waals surface area contributed by atoms with Crippen LogP contribution in [0.2, 0.25) is 0 Å². The number of nitrogens with one attached hydrogen (secondary N) is 2. The molecule has 0 unspecified atom stereocenters. The Morgan fingerprint density at radius 1 is 1.19 bits per heavy atom. The summed E-state index contributed by atoms with van der Waals surface area (Å²) in [4.78, 5) is 7.72. The molecule has 0 bridgehead atoms. The van der Waals surface area contributed by atoms with Crippen molar-refractivity contribution in [1.29, 1.82) is 0 Å². The summed E-state index contributed by atoms with van der Waals surface area (Å²) < 4.78 is 27.8. The molecule has 0 aliphatic heterocycles. The molecule has 2 aromatic heterocycles. The maximum atomic E-state index is 12.6. The van der Waals surface area contributed by atoms with Gasteiger partial charge in [0.25, 0.3) is 0 Å². The molecule has 27 heavy (non-hydrogen) atoms. The van der Waals surface area contributed by atoms with E-state index in [4.69, 9.17) is 0 Å². The predicted molar refractivity (Wildman–Crippen MR) is 107 cm³/mol. The number of pyridine rings is 1. The van der Waals surface area contributed by atoms with Crippen molar-refractivity contribution >= 4 is 21.1 Å². The number of nitrogens with zero attached hydrogens (tertiary/aromatic N) is 1. The smallest absolute Gasteiger partial charge is 0.240 e. The summed E-state index contributed by atoms with van der Waals surface area (Å²) in [5.41, 5.74) is 3.74. The topological polar surface area (TPSA) is 95.1 Å². The largest absolute Gasteiger partial charge is 0.395 e. The fourth-order valence-corrected chi connectivity index (χ4v) is 4.48. The highest BCUT2D eigenvalue weighted by molar-refractivity contribution is 7.89. The van der Waals surface area contributed by atoms with Crippen LogP contribution < -0.4 is 4.72 Å². The minimum atomic E-state index is -3.68. The lowest BCUT2D eigenvalue weighted by Gasteiger charge is -2.18. The third kappa shape index (κ3) is 4.37. The maximum absolute atomic E-state index is 12.6. The van der Waals surface area contributed by atoms with Gasteiger partial charge in [-0.25, -0.2) is 18.1 Å². The van der Waals surface area contributed by atoms with E-state index in [1.807, 2.05) is 32.9 Å². The first kappa shape index (κ1) is 19.5. The van der Waals surface area contributed by atoms with E-state index in [0.29, 0.717) is 6.42 Å². The van der Waals surface area contributed by atoms with Gasteiger partial charge in [0.2, 0.25) is 10.0 Å². The molecule has 1 aromatic carbocycles. The number of H-pyrrole nitrogens is 1. The minimum absolute atomic E-state index is 0.184. The molecule has 3 aromatic rings. The molecule has 0 amide bonds. The van der Waals surface area contributed by atoms with Crippen molar-refractivity contribution in [3.63, 3.8) is 0 Å². The highest BCUT2D eigenvalue weighted by Gasteiger charge is 2.20. The van der Waals surface area contributed by atoms with Crippen molar-refractivity contribution in [3.8, 4) is 11.1 Å². The van der Waals surface area contributed by atoms with Gasteiger partial charge in [-0.2, -0.15) is 0 Å². The van der Waals surface area contributed by atoms with E-state index in [9.17, 15) is 13.5 Å². The zero-order valence-electron chi connectivity index (χ0n) is 15.7. The normalized spacial score (nSPS) is 13.4. The average Bonchev–Trinajstić information content (AvgIpc) is 3.00. The van der Waals surface area contributed by atoms with E-state index in [1.165, 1.54) is 0 Å². The Morgan fingerprint density at radius 3 is 2.52 bits per heavy atom. The molecule has 3 rings (SSSR count). The Bertz CT molecular complexity index is 1020. The van der Waals surface area contributed by atoms with Gasteiger partial charge < -0.3 is 10.1 Å². The molecule has 3 N–H and O–H groups in total. The summed E-state index contributed by atoms with van der Waals surface area (Å²) in [6.07, 6.45) is 2.31. The molecule has 0 aliphatic rings. The standard InChI is InChI=1S/C20H25N3O3S/c1-13(2)10-16(12-24)23-27(25,26)17-6-4-15(5-7-17)18-8-9-21-20-19(18)11-14(3)22-20/h4-9,11,13,16,23-24H,10,12H2,1-3H3,(H,21,22)/t16-/m0/s1. The lowest BCUT2D eigenvalue weighted by molar-refractivity contribution is 0.240. The number of aliphatic hydroxyl groups excluding tert-OH is 1. The Kier molecular flexibility index (Phi) is 5.64. The van der Waals surface area contributed by atoms with E-state index < -0.39 is 16.1 Å². The number of aliphatic hydroxyl groups is 1. The molecule has 2 heterocycles. The van der Waals surface area contributed by atoms with Gasteiger partial charge in [0.05, 0.1) is 11.5 Å². The van der Waals surface area contributed by atoms with Crippen molar-refractivity contribution < 1.29 is 13.5 Å². The van der Waals surface area contributed by atoms with Gasteiger partial charge in [-0.3, -0.25) is 0 Å². The first-order valence-corrected chi connectivity index (χ1v) is 10.5.